The molecule has 3 aromatic rings. The van der Waals surface area contributed by atoms with Crippen molar-refractivity contribution in [2.24, 2.45) is 5.11 Å². The van der Waals surface area contributed by atoms with Crippen LogP contribution in [0.25, 0.3) is 10.4 Å². The van der Waals surface area contributed by atoms with E-state index in [2.05, 4.69) is 36.8 Å². The monoisotopic (exact) mass is 705 g/mol. The van der Waals surface area contributed by atoms with Gasteiger partial charge in [0.05, 0.1) is 18.9 Å². The Labute approximate surface area is 293 Å². The summed E-state index contributed by atoms with van der Waals surface area (Å²) in [5, 5.41) is 21.9. The van der Waals surface area contributed by atoms with Gasteiger partial charge in [0.2, 0.25) is 11.8 Å². The van der Waals surface area contributed by atoms with Gasteiger partial charge in [-0.2, -0.15) is 0 Å². The third-order valence-corrected chi connectivity index (χ3v) is 8.99. The second-order valence-corrected chi connectivity index (χ2v) is 12.5. The van der Waals surface area contributed by atoms with Gasteiger partial charge in [-0.25, -0.2) is 19.6 Å². The fourth-order valence-corrected chi connectivity index (χ4v) is 5.90. The van der Waals surface area contributed by atoms with Crippen LogP contribution >= 0.6 is 0 Å². The molecular formula is C35H41F2N9O5. The minimum Gasteiger partial charge on any atom is -0.505 e. The zero-order chi connectivity index (χ0) is 36.4. The molecule has 3 amide bonds. The maximum atomic E-state index is 14.4. The van der Waals surface area contributed by atoms with Crippen LogP contribution in [0.3, 0.4) is 0 Å². The van der Waals surface area contributed by atoms with E-state index in [4.69, 9.17) is 10.3 Å². The van der Waals surface area contributed by atoms with Crippen LogP contribution < -0.4 is 26.8 Å². The molecule has 6 N–H and O–H groups in total. The number of anilines is 1. The molecule has 1 fully saturated rings. The van der Waals surface area contributed by atoms with Crippen molar-refractivity contribution in [3.63, 3.8) is 0 Å². The number of nitrogens with one attached hydrogen (secondary N) is 5. The normalized spacial score (nSPS) is 15.7. The van der Waals surface area contributed by atoms with Crippen LogP contribution in [0.5, 0.6) is 5.75 Å². The number of amides is 3. The molecular weight excluding hydrogens is 664 g/mol. The van der Waals surface area contributed by atoms with E-state index in [1.807, 2.05) is 24.3 Å². The van der Waals surface area contributed by atoms with E-state index < -0.39 is 23.4 Å². The molecule has 51 heavy (non-hydrogen) atoms. The van der Waals surface area contributed by atoms with Crippen molar-refractivity contribution in [3.8, 4) is 5.75 Å². The second kappa shape index (κ2) is 17.1. The van der Waals surface area contributed by atoms with Crippen molar-refractivity contribution in [1.82, 2.24) is 26.4 Å². The highest BCUT2D eigenvalue weighted by Gasteiger charge is 2.40. The summed E-state index contributed by atoms with van der Waals surface area (Å²) >= 11 is 0. The van der Waals surface area contributed by atoms with Gasteiger partial charge < -0.3 is 30.7 Å². The zero-order valence-corrected chi connectivity index (χ0v) is 28.2. The Balaban J connectivity index is 1.13. The molecule has 270 valence electrons. The number of hydrogen-bond donors (Lipinski definition) is 6. The first kappa shape index (κ1) is 37.0. The molecule has 0 radical (unpaired) electrons. The van der Waals surface area contributed by atoms with Gasteiger partial charge >= 0.3 is 0 Å². The molecule has 0 unspecified atom stereocenters. The van der Waals surface area contributed by atoms with Crippen molar-refractivity contribution in [1.29, 1.82) is 0 Å². The van der Waals surface area contributed by atoms with E-state index in [0.29, 0.717) is 38.0 Å². The molecule has 1 atom stereocenters. The van der Waals surface area contributed by atoms with Crippen molar-refractivity contribution in [2.75, 3.05) is 38.2 Å². The fourth-order valence-electron chi connectivity index (χ4n) is 5.90. The Morgan fingerprint density at radius 2 is 1.84 bits per heavy atom. The van der Waals surface area contributed by atoms with E-state index in [1.165, 1.54) is 4.90 Å². The number of rotatable bonds is 17. The van der Waals surface area contributed by atoms with Crippen molar-refractivity contribution < 1.29 is 33.0 Å². The van der Waals surface area contributed by atoms with Gasteiger partial charge in [-0.05, 0) is 66.3 Å². The van der Waals surface area contributed by atoms with Gasteiger partial charge in [0.1, 0.15) is 11.9 Å². The Morgan fingerprint density at radius 3 is 2.61 bits per heavy atom. The topological polar surface area (TPSA) is 213 Å². The average molecular weight is 706 g/mol. The van der Waals surface area contributed by atoms with Gasteiger partial charge in [-0.15, -0.1) is 0 Å². The minimum atomic E-state index is -1.06. The first-order valence-corrected chi connectivity index (χ1v) is 16.7. The summed E-state index contributed by atoms with van der Waals surface area (Å²) in [6.07, 6.45) is 1.69. The lowest BCUT2D eigenvalue weighted by Gasteiger charge is -2.36. The molecule has 14 nitrogen and oxygen atoms in total. The van der Waals surface area contributed by atoms with Crippen molar-refractivity contribution in [2.45, 2.75) is 57.4 Å². The van der Waals surface area contributed by atoms with Gasteiger partial charge in [-0.1, -0.05) is 35.4 Å². The number of hydrogen-bond acceptors (Lipinski definition) is 9. The molecule has 16 heteroatoms. The number of nitrogens with zero attached hydrogens (tertiary/aromatic N) is 4. The van der Waals surface area contributed by atoms with Crippen LogP contribution in [0.2, 0.25) is 0 Å². The molecule has 0 bridgehead atoms. The number of aromatic hydroxyl groups is 1. The van der Waals surface area contributed by atoms with E-state index in [1.54, 1.807) is 25.1 Å². The minimum absolute atomic E-state index is 0.146. The molecule has 0 aliphatic carbocycles. The van der Waals surface area contributed by atoms with Gasteiger partial charge in [0.15, 0.2) is 11.6 Å². The van der Waals surface area contributed by atoms with Gasteiger partial charge in [-0.3, -0.25) is 14.4 Å². The van der Waals surface area contributed by atoms with Gasteiger partial charge in [0, 0.05) is 67.3 Å². The van der Waals surface area contributed by atoms with Crippen LogP contribution in [0, 0.1) is 18.6 Å². The number of phenolic OH excluding ortho intramolecular Hbond substituents is 1. The third-order valence-electron chi connectivity index (χ3n) is 8.99. The standard InChI is InChI=1S/C35H41F2N9O5/c1-22-6-7-24(18-28(22)41-20-26-27(36)8-9-30(47)32(26)37)34(50)46-21-25-5-3-2-4-23(25)19-29(46)33(49)40-15-17-51-16-10-31(48)39-13-11-35(43-44-35)12-14-42-45-38/h2-9,18,29,41,43-44,47H,10-17,19-21H2,1H3,(H,39,48)(H,40,49)/t29-/m0/s1. The second-order valence-electron chi connectivity index (χ2n) is 12.5. The molecule has 3 aromatic carbocycles. The predicted molar refractivity (Wildman–Crippen MR) is 184 cm³/mol. The number of hydrazine groups is 1. The van der Waals surface area contributed by atoms with Crippen LogP contribution in [-0.4, -0.2) is 72.3 Å². The fraction of sp³-hybridized carbons (Fsp3) is 0.400. The number of azide groups is 1. The van der Waals surface area contributed by atoms with Crippen molar-refractivity contribution >= 4 is 23.4 Å². The smallest absolute Gasteiger partial charge is 0.254 e. The van der Waals surface area contributed by atoms with Gasteiger partial charge in [0.25, 0.3) is 5.91 Å². The Hall–Kier alpha value is -5.28. The lowest BCUT2D eigenvalue weighted by molar-refractivity contribution is -0.126. The number of phenols is 1. The first-order chi connectivity index (χ1) is 24.6. The predicted octanol–water partition coefficient (Wildman–Crippen LogP) is 3.69. The largest absolute Gasteiger partial charge is 0.505 e. The number of carbonyl (C=O) groups is 3. The Morgan fingerprint density at radius 1 is 1.06 bits per heavy atom. The third kappa shape index (κ3) is 9.70. The number of halogens is 2. The summed E-state index contributed by atoms with van der Waals surface area (Å²) < 4.78 is 34.2. The maximum absolute atomic E-state index is 14.4. The Kier molecular flexibility index (Phi) is 12.4. The molecule has 1 saturated heterocycles. The van der Waals surface area contributed by atoms with Crippen LogP contribution in [0.1, 0.15) is 51.9 Å². The quantitative estimate of drug-likeness (QED) is 0.0400. The van der Waals surface area contributed by atoms with Crippen LogP contribution in [-0.2, 0) is 33.8 Å². The van der Waals surface area contributed by atoms with Crippen LogP contribution in [0.4, 0.5) is 14.5 Å². The summed E-state index contributed by atoms with van der Waals surface area (Å²) in [6, 6.07) is 13.7. The number of aryl methyl sites for hydroxylation is 1. The summed E-state index contributed by atoms with van der Waals surface area (Å²) in [4.78, 5) is 43.9. The highest BCUT2D eigenvalue weighted by molar-refractivity contribution is 5.99. The van der Waals surface area contributed by atoms with E-state index in [-0.39, 0.29) is 73.8 Å². The van der Waals surface area contributed by atoms with Crippen LogP contribution in [0.15, 0.2) is 59.7 Å². The molecule has 2 aliphatic heterocycles. The average Bonchev–Trinajstić information content (AvgIpc) is 3.90. The van der Waals surface area contributed by atoms with E-state index in [9.17, 15) is 28.3 Å². The molecule has 0 spiro atoms. The highest BCUT2D eigenvalue weighted by Crippen LogP contribution is 2.28. The molecule has 5 rings (SSSR count). The number of fused-ring (bicyclic) bond motifs is 1. The number of benzene rings is 3. The molecule has 2 aliphatic rings. The molecule has 2 heterocycles. The Bertz CT molecular complexity index is 1800. The SMILES string of the molecule is Cc1ccc(C(=O)N2Cc3ccccc3C[C@H]2C(=O)NCCOCCC(=O)NCCC2(CCN=[N+]=[N-])NN2)cc1NCc1c(F)ccc(O)c1F. The first-order valence-electron chi connectivity index (χ1n) is 16.7. The lowest BCUT2D eigenvalue weighted by Crippen LogP contribution is -2.53. The van der Waals surface area contributed by atoms with E-state index >= 15 is 0 Å². The summed E-state index contributed by atoms with van der Waals surface area (Å²) in [7, 11) is 0. The molecule has 0 aromatic heterocycles. The summed E-state index contributed by atoms with van der Waals surface area (Å²) in [5.41, 5.74) is 17.2. The van der Waals surface area contributed by atoms with E-state index in [0.717, 1.165) is 28.8 Å². The van der Waals surface area contributed by atoms with Crippen molar-refractivity contribution in [3.05, 3.63) is 104 Å². The lowest BCUT2D eigenvalue weighted by atomic mass is 9.92. The number of carbonyl (C=O) groups excluding carboxylic acids is 3. The molecule has 0 saturated carbocycles. The highest BCUT2D eigenvalue weighted by atomic mass is 19.1. The zero-order valence-electron chi connectivity index (χ0n) is 28.2. The number of ether oxygens (including phenoxy) is 1. The summed E-state index contributed by atoms with van der Waals surface area (Å²) in [5.74, 6) is -3.45. The summed E-state index contributed by atoms with van der Waals surface area (Å²) in [6.45, 7) is 3.00. The maximum Gasteiger partial charge on any atom is 0.254 e.